The number of nitrogens with one attached hydrogen (secondary N) is 1. The number of hydrogen-bond acceptors (Lipinski definition) is 4. The van der Waals surface area contributed by atoms with Crippen LogP contribution in [0.4, 0.5) is 0 Å². The van der Waals surface area contributed by atoms with Gasteiger partial charge in [-0.05, 0) is 92.6 Å². The molecule has 37 heavy (non-hydrogen) atoms. The first kappa shape index (κ1) is 28.5. The third-order valence-electron chi connectivity index (χ3n) is 6.91. The van der Waals surface area contributed by atoms with Gasteiger partial charge in [-0.25, -0.2) is 4.79 Å². The number of amides is 1. The summed E-state index contributed by atoms with van der Waals surface area (Å²) in [4.78, 5) is 27.4. The van der Waals surface area contributed by atoms with Gasteiger partial charge in [0.05, 0.1) is 0 Å². The maximum Gasteiger partial charge on any atom is 0.326 e. The Morgan fingerprint density at radius 2 is 1.65 bits per heavy atom. The molecule has 0 radical (unpaired) electrons. The van der Waals surface area contributed by atoms with E-state index in [2.05, 4.69) is 61.4 Å². The van der Waals surface area contributed by atoms with Crippen LogP contribution >= 0.6 is 11.8 Å². The Labute approximate surface area is 225 Å². The molecule has 3 aromatic carbocycles. The van der Waals surface area contributed by atoms with Gasteiger partial charge in [0.25, 0.3) is 5.91 Å². The van der Waals surface area contributed by atoms with Crippen molar-refractivity contribution >= 4 is 23.6 Å². The molecule has 2 N–H and O–H groups in total. The SMILES string of the molecule is CSCCC(NC(=O)c1ccc(CN(C)C(C)(C)Cc2ccccc2)cc1-c1ccccc1C)C(=O)O. The maximum absolute atomic E-state index is 13.3. The second kappa shape index (κ2) is 12.9. The highest BCUT2D eigenvalue weighted by molar-refractivity contribution is 7.98. The zero-order chi connectivity index (χ0) is 27.0. The van der Waals surface area contributed by atoms with Crippen molar-refractivity contribution in [2.45, 2.75) is 51.7 Å². The Morgan fingerprint density at radius 3 is 2.30 bits per heavy atom. The van der Waals surface area contributed by atoms with Gasteiger partial charge in [-0.1, -0.05) is 60.7 Å². The lowest BCUT2D eigenvalue weighted by atomic mass is 9.91. The lowest BCUT2D eigenvalue weighted by molar-refractivity contribution is -0.139. The van der Waals surface area contributed by atoms with E-state index in [-0.39, 0.29) is 11.4 Å². The van der Waals surface area contributed by atoms with Crippen LogP contribution in [-0.2, 0) is 17.8 Å². The van der Waals surface area contributed by atoms with E-state index >= 15 is 0 Å². The molecule has 0 saturated carbocycles. The van der Waals surface area contributed by atoms with Crippen molar-refractivity contribution in [3.8, 4) is 11.1 Å². The number of hydrogen-bond donors (Lipinski definition) is 2. The fourth-order valence-electron chi connectivity index (χ4n) is 4.43. The first-order valence-electron chi connectivity index (χ1n) is 12.6. The topological polar surface area (TPSA) is 69.6 Å². The first-order chi connectivity index (χ1) is 17.6. The van der Waals surface area contributed by atoms with Crippen LogP contribution in [0.3, 0.4) is 0 Å². The van der Waals surface area contributed by atoms with E-state index in [4.69, 9.17) is 0 Å². The number of benzene rings is 3. The quantitative estimate of drug-likeness (QED) is 0.305. The summed E-state index contributed by atoms with van der Waals surface area (Å²) in [6.07, 6.45) is 3.22. The van der Waals surface area contributed by atoms with Gasteiger partial charge in [0.15, 0.2) is 0 Å². The second-order valence-corrected chi connectivity index (χ2v) is 11.2. The van der Waals surface area contributed by atoms with Gasteiger partial charge in [0, 0.05) is 17.6 Å². The van der Waals surface area contributed by atoms with Gasteiger partial charge in [0.1, 0.15) is 6.04 Å². The number of thioether (sulfide) groups is 1. The van der Waals surface area contributed by atoms with Crippen LogP contribution in [0, 0.1) is 6.92 Å². The number of carbonyl (C=O) groups excluding carboxylic acids is 1. The Balaban J connectivity index is 1.91. The summed E-state index contributed by atoms with van der Waals surface area (Å²) in [5.74, 6) is -0.721. The van der Waals surface area contributed by atoms with Crippen molar-refractivity contribution in [1.29, 1.82) is 0 Å². The molecule has 3 aromatic rings. The van der Waals surface area contributed by atoms with Crippen LogP contribution < -0.4 is 5.32 Å². The zero-order valence-electron chi connectivity index (χ0n) is 22.5. The molecule has 0 aliphatic carbocycles. The van der Waals surface area contributed by atoms with Crippen molar-refractivity contribution in [2.24, 2.45) is 0 Å². The lowest BCUT2D eigenvalue weighted by Crippen LogP contribution is -2.42. The van der Waals surface area contributed by atoms with E-state index in [1.807, 2.05) is 55.6 Å². The predicted molar refractivity (Wildman–Crippen MR) is 154 cm³/mol. The number of carboxylic acids is 1. The monoisotopic (exact) mass is 518 g/mol. The van der Waals surface area contributed by atoms with Crippen LogP contribution in [0.2, 0.25) is 0 Å². The van der Waals surface area contributed by atoms with Crippen molar-refractivity contribution in [3.63, 3.8) is 0 Å². The number of aryl methyl sites for hydroxylation is 1. The minimum absolute atomic E-state index is 0.0772. The van der Waals surface area contributed by atoms with E-state index < -0.39 is 12.0 Å². The number of carboxylic acid groups (broad SMARTS) is 1. The Bertz CT molecular complexity index is 1210. The van der Waals surface area contributed by atoms with Crippen LogP contribution in [-0.4, -0.2) is 52.5 Å². The van der Waals surface area contributed by atoms with E-state index in [1.165, 1.54) is 5.56 Å². The summed E-state index contributed by atoms with van der Waals surface area (Å²) < 4.78 is 0. The van der Waals surface area contributed by atoms with Gasteiger partial charge >= 0.3 is 5.97 Å². The van der Waals surface area contributed by atoms with Crippen LogP contribution in [0.1, 0.15) is 47.3 Å². The maximum atomic E-state index is 13.3. The van der Waals surface area contributed by atoms with Crippen LogP contribution in [0.5, 0.6) is 0 Å². The molecule has 0 aliphatic heterocycles. The molecule has 1 atom stereocenters. The fourth-order valence-corrected chi connectivity index (χ4v) is 4.90. The number of likely N-dealkylation sites (N-methyl/N-ethyl adjacent to an activating group) is 1. The molecular formula is C31H38N2O3S. The number of nitrogens with zero attached hydrogens (tertiary/aromatic N) is 1. The van der Waals surface area contributed by atoms with Gasteiger partial charge in [-0.15, -0.1) is 0 Å². The van der Waals surface area contributed by atoms with Crippen molar-refractivity contribution in [1.82, 2.24) is 10.2 Å². The van der Waals surface area contributed by atoms with Crippen LogP contribution in [0.25, 0.3) is 11.1 Å². The van der Waals surface area contributed by atoms with Gasteiger partial charge in [-0.2, -0.15) is 11.8 Å². The van der Waals surface area contributed by atoms with Crippen molar-refractivity contribution in [2.75, 3.05) is 19.1 Å². The minimum atomic E-state index is -1.02. The largest absolute Gasteiger partial charge is 0.480 e. The first-order valence-corrected chi connectivity index (χ1v) is 14.0. The summed E-state index contributed by atoms with van der Waals surface area (Å²) in [6.45, 7) is 7.22. The average molecular weight is 519 g/mol. The lowest BCUT2D eigenvalue weighted by Gasteiger charge is -2.36. The summed E-state index contributed by atoms with van der Waals surface area (Å²) >= 11 is 1.56. The summed E-state index contributed by atoms with van der Waals surface area (Å²) in [6, 6.07) is 23.4. The van der Waals surface area contributed by atoms with Crippen molar-refractivity contribution < 1.29 is 14.7 Å². The molecule has 3 rings (SSSR count). The molecule has 1 amide bonds. The molecule has 0 saturated heterocycles. The Morgan fingerprint density at radius 1 is 0.973 bits per heavy atom. The van der Waals surface area contributed by atoms with E-state index in [9.17, 15) is 14.7 Å². The van der Waals surface area contributed by atoms with Gasteiger partial charge in [-0.3, -0.25) is 9.69 Å². The molecular weight excluding hydrogens is 480 g/mol. The molecule has 6 heteroatoms. The summed E-state index contributed by atoms with van der Waals surface area (Å²) in [7, 11) is 2.13. The number of rotatable bonds is 12. The molecule has 5 nitrogen and oxygen atoms in total. The molecule has 0 bridgehead atoms. The number of carbonyl (C=O) groups is 2. The molecule has 0 fully saturated rings. The molecule has 1 unspecified atom stereocenters. The molecule has 0 heterocycles. The second-order valence-electron chi connectivity index (χ2n) is 10.2. The standard InChI is InChI=1S/C31H38N2O3S/c1-22-11-9-10-14-25(22)27-19-24(21-33(4)31(2,3)20-23-12-7-6-8-13-23)15-16-26(27)29(34)32-28(30(35)36)17-18-37-5/h6-16,19,28H,17-18,20-21H2,1-5H3,(H,32,34)(H,35,36). The van der Waals surface area contributed by atoms with Crippen LogP contribution in [0.15, 0.2) is 72.8 Å². The molecule has 0 aliphatic rings. The molecule has 196 valence electrons. The van der Waals surface area contributed by atoms with Gasteiger partial charge < -0.3 is 10.4 Å². The molecule has 0 aromatic heterocycles. The highest BCUT2D eigenvalue weighted by atomic mass is 32.2. The normalized spacial score (nSPS) is 12.4. The third-order valence-corrected chi connectivity index (χ3v) is 7.55. The summed E-state index contributed by atoms with van der Waals surface area (Å²) in [5, 5.41) is 12.4. The van der Waals surface area contributed by atoms with Gasteiger partial charge in [0.2, 0.25) is 0 Å². The number of aliphatic carboxylic acids is 1. The smallest absolute Gasteiger partial charge is 0.326 e. The average Bonchev–Trinajstić information content (AvgIpc) is 2.86. The van der Waals surface area contributed by atoms with E-state index in [1.54, 1.807) is 11.8 Å². The van der Waals surface area contributed by atoms with E-state index in [0.29, 0.717) is 24.3 Å². The highest BCUT2D eigenvalue weighted by Gasteiger charge is 2.26. The zero-order valence-corrected chi connectivity index (χ0v) is 23.3. The predicted octanol–water partition coefficient (Wildman–Crippen LogP) is 6.05. The third kappa shape index (κ3) is 7.70. The minimum Gasteiger partial charge on any atom is -0.480 e. The Hall–Kier alpha value is -3.09. The summed E-state index contributed by atoms with van der Waals surface area (Å²) in [5.41, 5.74) is 5.64. The fraction of sp³-hybridized carbons (Fsp3) is 0.355. The Kier molecular flexibility index (Phi) is 9.95. The highest BCUT2D eigenvalue weighted by Crippen LogP contribution is 2.30. The van der Waals surface area contributed by atoms with Crippen molar-refractivity contribution in [3.05, 3.63) is 95.1 Å². The molecule has 0 spiro atoms. The van der Waals surface area contributed by atoms with E-state index in [0.717, 1.165) is 28.7 Å².